The SMILES string of the molecule is Cc1cccc(CSCCNC(=O)c2cc(S(=O)(=O)N3CCCCCC3)ccc2C)c1. The number of amides is 1. The van der Waals surface area contributed by atoms with E-state index in [9.17, 15) is 13.2 Å². The quantitative estimate of drug-likeness (QED) is 0.588. The van der Waals surface area contributed by atoms with E-state index in [0.717, 1.165) is 42.8 Å². The van der Waals surface area contributed by atoms with Crippen LogP contribution in [0.1, 0.15) is 52.7 Å². The number of thioether (sulfide) groups is 1. The Bertz CT molecular complexity index is 998. The Morgan fingerprint density at radius 3 is 2.48 bits per heavy atom. The molecule has 1 heterocycles. The smallest absolute Gasteiger partial charge is 0.251 e. The number of benzene rings is 2. The third-order valence-corrected chi connectivity index (χ3v) is 8.46. The molecule has 1 aliphatic heterocycles. The van der Waals surface area contributed by atoms with Crippen molar-refractivity contribution in [1.82, 2.24) is 9.62 Å². The predicted octanol–water partition coefficient (Wildman–Crippen LogP) is 4.53. The Balaban J connectivity index is 1.58. The van der Waals surface area contributed by atoms with Crippen LogP contribution in [0.5, 0.6) is 0 Å². The fourth-order valence-corrected chi connectivity index (χ4v) is 6.11. The fraction of sp³-hybridized carbons (Fsp3) is 0.458. The highest BCUT2D eigenvalue weighted by Gasteiger charge is 2.26. The standard InChI is InChI=1S/C24H32N2O3S2/c1-19-8-7-9-21(16-19)18-30-15-12-25-24(27)23-17-22(11-10-20(23)2)31(28,29)26-13-5-3-4-6-14-26/h7-11,16-17H,3-6,12-15,18H2,1-2H3,(H,25,27). The number of sulfonamides is 1. The third-order valence-electron chi connectivity index (χ3n) is 5.54. The predicted molar refractivity (Wildman–Crippen MR) is 128 cm³/mol. The van der Waals surface area contributed by atoms with Crippen molar-refractivity contribution >= 4 is 27.7 Å². The first-order chi connectivity index (χ1) is 14.9. The molecule has 0 radical (unpaired) electrons. The molecule has 1 saturated heterocycles. The minimum Gasteiger partial charge on any atom is -0.351 e. The second kappa shape index (κ2) is 11.2. The van der Waals surface area contributed by atoms with Crippen molar-refractivity contribution in [3.05, 3.63) is 64.7 Å². The lowest BCUT2D eigenvalue weighted by molar-refractivity contribution is 0.0955. The Morgan fingerprint density at radius 1 is 1.03 bits per heavy atom. The van der Waals surface area contributed by atoms with E-state index in [1.807, 2.05) is 6.92 Å². The molecule has 0 bridgehead atoms. The summed E-state index contributed by atoms with van der Waals surface area (Å²) in [7, 11) is -3.57. The maximum absolute atomic E-state index is 13.1. The summed E-state index contributed by atoms with van der Waals surface area (Å²) in [5.74, 6) is 1.48. The van der Waals surface area contributed by atoms with Crippen LogP contribution < -0.4 is 5.32 Å². The lowest BCUT2D eigenvalue weighted by atomic mass is 10.1. The number of hydrogen-bond acceptors (Lipinski definition) is 4. The van der Waals surface area contributed by atoms with E-state index in [4.69, 9.17) is 0 Å². The van der Waals surface area contributed by atoms with Gasteiger partial charge in [0.1, 0.15) is 0 Å². The highest BCUT2D eigenvalue weighted by Crippen LogP contribution is 2.23. The first-order valence-electron chi connectivity index (χ1n) is 10.9. The van der Waals surface area contributed by atoms with E-state index in [1.54, 1.807) is 28.2 Å². The van der Waals surface area contributed by atoms with Crippen molar-refractivity contribution in [1.29, 1.82) is 0 Å². The largest absolute Gasteiger partial charge is 0.351 e. The van der Waals surface area contributed by atoms with Crippen LogP contribution in [0, 0.1) is 13.8 Å². The minimum absolute atomic E-state index is 0.207. The summed E-state index contributed by atoms with van der Waals surface area (Å²) in [6.45, 7) is 5.56. The molecule has 1 N–H and O–H groups in total. The van der Waals surface area contributed by atoms with Crippen molar-refractivity contribution in [2.24, 2.45) is 0 Å². The number of aryl methyl sites for hydroxylation is 2. The summed E-state index contributed by atoms with van der Waals surface area (Å²) in [5, 5.41) is 2.94. The maximum Gasteiger partial charge on any atom is 0.251 e. The zero-order valence-electron chi connectivity index (χ0n) is 18.4. The third kappa shape index (κ3) is 6.57. The molecule has 3 rings (SSSR count). The van der Waals surface area contributed by atoms with E-state index < -0.39 is 10.0 Å². The average molecular weight is 461 g/mol. The Morgan fingerprint density at radius 2 is 1.77 bits per heavy atom. The number of hydrogen-bond donors (Lipinski definition) is 1. The van der Waals surface area contributed by atoms with Gasteiger partial charge in [0.05, 0.1) is 4.90 Å². The van der Waals surface area contributed by atoms with Crippen LogP contribution in [0.2, 0.25) is 0 Å². The van der Waals surface area contributed by atoms with Crippen LogP contribution in [-0.4, -0.2) is 44.0 Å². The van der Waals surface area contributed by atoms with E-state index >= 15 is 0 Å². The Labute approximate surface area is 190 Å². The van der Waals surface area contributed by atoms with Crippen LogP contribution in [0.4, 0.5) is 0 Å². The lowest BCUT2D eigenvalue weighted by Crippen LogP contribution is -2.32. The summed E-state index contributed by atoms with van der Waals surface area (Å²) in [6, 6.07) is 13.3. The first-order valence-corrected chi connectivity index (χ1v) is 13.5. The highest BCUT2D eigenvalue weighted by atomic mass is 32.2. The molecule has 0 atom stereocenters. The van der Waals surface area contributed by atoms with Gasteiger partial charge in [0.15, 0.2) is 0 Å². The van der Waals surface area contributed by atoms with Gasteiger partial charge in [0.25, 0.3) is 5.91 Å². The second-order valence-electron chi connectivity index (χ2n) is 8.09. The Hall–Kier alpha value is -1.83. The summed E-state index contributed by atoms with van der Waals surface area (Å²) in [6.07, 6.45) is 3.90. The zero-order chi connectivity index (χ0) is 22.3. The molecule has 0 aromatic heterocycles. The van der Waals surface area contributed by atoms with Crippen molar-refractivity contribution in [3.8, 4) is 0 Å². The summed E-state index contributed by atoms with van der Waals surface area (Å²) in [5.41, 5.74) is 3.73. The molecule has 1 aliphatic rings. The van der Waals surface area contributed by atoms with Gasteiger partial charge in [0.2, 0.25) is 10.0 Å². The van der Waals surface area contributed by atoms with E-state index in [1.165, 1.54) is 17.2 Å². The number of carbonyl (C=O) groups excluding carboxylic acids is 1. The molecule has 5 nitrogen and oxygen atoms in total. The van der Waals surface area contributed by atoms with E-state index in [-0.39, 0.29) is 10.8 Å². The van der Waals surface area contributed by atoms with Crippen molar-refractivity contribution in [3.63, 3.8) is 0 Å². The molecule has 0 aliphatic carbocycles. The lowest BCUT2D eigenvalue weighted by Gasteiger charge is -2.20. The first kappa shape index (κ1) is 23.8. The van der Waals surface area contributed by atoms with Gasteiger partial charge in [-0.25, -0.2) is 8.42 Å². The number of nitrogens with zero attached hydrogens (tertiary/aromatic N) is 1. The summed E-state index contributed by atoms with van der Waals surface area (Å²) < 4.78 is 27.7. The van der Waals surface area contributed by atoms with Gasteiger partial charge < -0.3 is 5.32 Å². The van der Waals surface area contributed by atoms with Gasteiger partial charge in [-0.3, -0.25) is 4.79 Å². The van der Waals surface area contributed by atoms with E-state index in [2.05, 4.69) is 36.5 Å². The average Bonchev–Trinajstić information content (AvgIpc) is 3.04. The van der Waals surface area contributed by atoms with Crippen LogP contribution in [0.3, 0.4) is 0 Å². The van der Waals surface area contributed by atoms with Crippen molar-refractivity contribution in [2.75, 3.05) is 25.4 Å². The maximum atomic E-state index is 13.1. The number of nitrogens with one attached hydrogen (secondary N) is 1. The fourth-order valence-electron chi connectivity index (χ4n) is 3.76. The number of carbonyl (C=O) groups is 1. The highest BCUT2D eigenvalue weighted by molar-refractivity contribution is 7.98. The van der Waals surface area contributed by atoms with Crippen molar-refractivity contribution in [2.45, 2.75) is 50.2 Å². The van der Waals surface area contributed by atoms with Gasteiger partial charge in [-0.2, -0.15) is 16.1 Å². The monoisotopic (exact) mass is 460 g/mol. The van der Waals surface area contributed by atoms with Gasteiger partial charge in [0, 0.05) is 36.7 Å². The molecule has 1 fully saturated rings. The summed E-state index contributed by atoms with van der Waals surface area (Å²) >= 11 is 1.77. The minimum atomic E-state index is -3.57. The molecular weight excluding hydrogens is 428 g/mol. The Kier molecular flexibility index (Phi) is 8.58. The molecule has 0 unspecified atom stereocenters. The van der Waals surface area contributed by atoms with Crippen LogP contribution >= 0.6 is 11.8 Å². The molecule has 0 spiro atoms. The molecule has 2 aromatic carbocycles. The van der Waals surface area contributed by atoms with Gasteiger partial charge >= 0.3 is 0 Å². The molecule has 0 saturated carbocycles. The summed E-state index contributed by atoms with van der Waals surface area (Å²) in [4.78, 5) is 12.9. The van der Waals surface area contributed by atoms with Gasteiger partial charge in [-0.15, -0.1) is 0 Å². The molecule has 1 amide bonds. The van der Waals surface area contributed by atoms with Gasteiger partial charge in [-0.05, 0) is 49.9 Å². The molecule has 7 heteroatoms. The zero-order valence-corrected chi connectivity index (χ0v) is 20.0. The van der Waals surface area contributed by atoms with Crippen LogP contribution in [-0.2, 0) is 15.8 Å². The topological polar surface area (TPSA) is 66.5 Å². The van der Waals surface area contributed by atoms with Crippen LogP contribution in [0.25, 0.3) is 0 Å². The normalized spacial score (nSPS) is 15.4. The van der Waals surface area contributed by atoms with E-state index in [0.29, 0.717) is 25.2 Å². The van der Waals surface area contributed by atoms with Crippen LogP contribution in [0.15, 0.2) is 47.4 Å². The van der Waals surface area contributed by atoms with Crippen molar-refractivity contribution < 1.29 is 13.2 Å². The second-order valence-corrected chi connectivity index (χ2v) is 11.1. The molecule has 31 heavy (non-hydrogen) atoms. The van der Waals surface area contributed by atoms with Gasteiger partial charge in [-0.1, -0.05) is 48.7 Å². The molecule has 2 aromatic rings. The molecular formula is C24H32N2O3S2. The molecule has 168 valence electrons. The number of rotatable bonds is 8.